The standard InChI is InChI=1S/C26H31N7O2/c1-17(2)8-15-24-27-23(14-9-18(3)26(34)35)30-33(24)16-19-10-12-20(13-11-19)21-6-4-5-7-22(21)25-28-31-32-29-25/h4-7,10-13,17-18H,8-9,14-16H2,1-3H3,(H,34,35)(H,28,29,31,32). The van der Waals surface area contributed by atoms with Gasteiger partial charge in [-0.25, -0.2) is 9.67 Å². The number of aryl methyl sites for hydroxylation is 2. The number of carboxylic acids is 1. The summed E-state index contributed by atoms with van der Waals surface area (Å²) < 4.78 is 1.96. The van der Waals surface area contributed by atoms with E-state index in [1.54, 1.807) is 6.92 Å². The van der Waals surface area contributed by atoms with Gasteiger partial charge in [-0.3, -0.25) is 4.79 Å². The molecule has 4 rings (SSSR count). The number of carbonyl (C=O) groups is 1. The van der Waals surface area contributed by atoms with Gasteiger partial charge in [0.25, 0.3) is 0 Å². The molecule has 1 atom stereocenters. The highest BCUT2D eigenvalue weighted by molar-refractivity contribution is 5.80. The van der Waals surface area contributed by atoms with E-state index >= 15 is 0 Å². The van der Waals surface area contributed by atoms with Crippen molar-refractivity contribution in [2.45, 2.75) is 53.0 Å². The monoisotopic (exact) mass is 473 g/mol. The number of nitrogens with zero attached hydrogens (tertiary/aromatic N) is 6. The number of hydrogen-bond acceptors (Lipinski definition) is 6. The molecule has 1 unspecified atom stereocenters. The van der Waals surface area contributed by atoms with Crippen LogP contribution in [0.15, 0.2) is 48.5 Å². The molecule has 0 saturated heterocycles. The first-order chi connectivity index (χ1) is 16.9. The maximum atomic E-state index is 11.2. The topological polar surface area (TPSA) is 122 Å². The lowest BCUT2D eigenvalue weighted by atomic mass is 9.98. The fourth-order valence-electron chi connectivity index (χ4n) is 3.90. The zero-order valence-corrected chi connectivity index (χ0v) is 20.3. The lowest BCUT2D eigenvalue weighted by molar-refractivity contribution is -0.141. The molecule has 0 spiro atoms. The van der Waals surface area contributed by atoms with E-state index in [-0.39, 0.29) is 0 Å². The van der Waals surface area contributed by atoms with Gasteiger partial charge in [-0.2, -0.15) is 10.3 Å². The number of nitrogens with one attached hydrogen (secondary N) is 1. The molecule has 35 heavy (non-hydrogen) atoms. The summed E-state index contributed by atoms with van der Waals surface area (Å²) in [5, 5.41) is 28.4. The average Bonchev–Trinajstić information content (AvgIpc) is 3.52. The third-order valence-electron chi connectivity index (χ3n) is 6.07. The van der Waals surface area contributed by atoms with E-state index in [9.17, 15) is 9.90 Å². The van der Waals surface area contributed by atoms with Crippen molar-refractivity contribution in [3.05, 3.63) is 65.7 Å². The third-order valence-corrected chi connectivity index (χ3v) is 6.07. The van der Waals surface area contributed by atoms with Crippen molar-refractivity contribution in [3.63, 3.8) is 0 Å². The largest absolute Gasteiger partial charge is 0.481 e. The molecule has 2 aromatic carbocycles. The number of hydrogen-bond donors (Lipinski definition) is 2. The van der Waals surface area contributed by atoms with Crippen LogP contribution in [0.3, 0.4) is 0 Å². The summed E-state index contributed by atoms with van der Waals surface area (Å²) in [5.41, 5.74) is 4.14. The van der Waals surface area contributed by atoms with Gasteiger partial charge < -0.3 is 5.11 Å². The Balaban J connectivity index is 1.53. The van der Waals surface area contributed by atoms with Crippen molar-refractivity contribution in [1.29, 1.82) is 0 Å². The smallest absolute Gasteiger partial charge is 0.306 e. The molecule has 0 amide bonds. The maximum absolute atomic E-state index is 11.2. The number of H-pyrrole nitrogens is 1. The minimum atomic E-state index is -0.787. The van der Waals surface area contributed by atoms with Gasteiger partial charge in [0.05, 0.1) is 12.5 Å². The molecular weight excluding hydrogens is 442 g/mol. The highest BCUT2D eigenvalue weighted by atomic mass is 16.4. The minimum absolute atomic E-state index is 0.413. The van der Waals surface area contributed by atoms with Crippen LogP contribution >= 0.6 is 0 Å². The summed E-state index contributed by atoms with van der Waals surface area (Å²) in [6, 6.07) is 16.4. The number of carboxylic acid groups (broad SMARTS) is 1. The van der Waals surface area contributed by atoms with Crippen LogP contribution in [0.4, 0.5) is 0 Å². The van der Waals surface area contributed by atoms with Crippen LogP contribution in [0.5, 0.6) is 0 Å². The molecule has 0 bridgehead atoms. The second kappa shape index (κ2) is 11.0. The Bertz CT molecular complexity index is 1250. The molecule has 9 heteroatoms. The molecule has 2 N–H and O–H groups in total. The average molecular weight is 474 g/mol. The molecule has 4 aromatic rings. The first-order valence-corrected chi connectivity index (χ1v) is 12.0. The highest BCUT2D eigenvalue weighted by Crippen LogP contribution is 2.29. The highest BCUT2D eigenvalue weighted by Gasteiger charge is 2.16. The summed E-state index contributed by atoms with van der Waals surface area (Å²) in [7, 11) is 0. The number of rotatable bonds is 11. The molecule has 182 valence electrons. The van der Waals surface area contributed by atoms with Crippen LogP contribution in [0, 0.1) is 11.8 Å². The summed E-state index contributed by atoms with van der Waals surface area (Å²) in [5.74, 6) is 1.58. The van der Waals surface area contributed by atoms with Gasteiger partial charge in [0.15, 0.2) is 5.82 Å². The zero-order valence-electron chi connectivity index (χ0n) is 20.3. The summed E-state index contributed by atoms with van der Waals surface area (Å²) in [6.07, 6.45) is 2.95. The number of tetrazole rings is 1. The maximum Gasteiger partial charge on any atom is 0.306 e. The van der Waals surface area contributed by atoms with Gasteiger partial charge in [0.1, 0.15) is 5.82 Å². The van der Waals surface area contributed by atoms with Crippen molar-refractivity contribution < 1.29 is 9.90 Å². The van der Waals surface area contributed by atoms with Gasteiger partial charge in [-0.1, -0.05) is 69.3 Å². The van der Waals surface area contributed by atoms with Gasteiger partial charge >= 0.3 is 5.97 Å². The minimum Gasteiger partial charge on any atom is -0.481 e. The predicted octanol–water partition coefficient (Wildman–Crippen LogP) is 4.42. The Kier molecular flexibility index (Phi) is 7.64. The normalized spacial score (nSPS) is 12.2. The van der Waals surface area contributed by atoms with Crippen molar-refractivity contribution in [2.24, 2.45) is 11.8 Å². The Morgan fingerprint density at radius 1 is 1.00 bits per heavy atom. The van der Waals surface area contributed by atoms with Crippen molar-refractivity contribution in [2.75, 3.05) is 0 Å². The van der Waals surface area contributed by atoms with Crippen molar-refractivity contribution >= 4 is 5.97 Å². The van der Waals surface area contributed by atoms with E-state index in [2.05, 4.69) is 58.7 Å². The number of aromatic amines is 1. The van der Waals surface area contributed by atoms with Crippen LogP contribution in [0.25, 0.3) is 22.5 Å². The lowest BCUT2D eigenvalue weighted by Crippen LogP contribution is -2.11. The van der Waals surface area contributed by atoms with Crippen LogP contribution in [-0.4, -0.2) is 46.5 Å². The van der Waals surface area contributed by atoms with Gasteiger partial charge in [0, 0.05) is 18.4 Å². The van der Waals surface area contributed by atoms with Crippen LogP contribution < -0.4 is 0 Å². The number of benzene rings is 2. The van der Waals surface area contributed by atoms with Crippen molar-refractivity contribution in [1.82, 2.24) is 35.4 Å². The summed E-state index contributed by atoms with van der Waals surface area (Å²) in [4.78, 5) is 15.9. The Morgan fingerprint density at radius 3 is 2.40 bits per heavy atom. The lowest BCUT2D eigenvalue weighted by Gasteiger charge is -2.10. The van der Waals surface area contributed by atoms with E-state index in [1.807, 2.05) is 28.9 Å². The SMILES string of the molecule is CC(C)CCc1nc(CCC(C)C(=O)O)nn1Cc1ccc(-c2ccccc2-c2nn[nH]n2)cc1. The van der Waals surface area contributed by atoms with Crippen LogP contribution in [-0.2, 0) is 24.2 Å². The van der Waals surface area contributed by atoms with E-state index in [4.69, 9.17) is 10.1 Å². The molecule has 2 heterocycles. The van der Waals surface area contributed by atoms with E-state index < -0.39 is 11.9 Å². The molecule has 2 aromatic heterocycles. The summed E-state index contributed by atoms with van der Waals surface area (Å²) >= 11 is 0. The summed E-state index contributed by atoms with van der Waals surface area (Å²) in [6.45, 7) is 6.72. The quantitative estimate of drug-likeness (QED) is 0.331. The second-order valence-electron chi connectivity index (χ2n) is 9.29. The Hall–Kier alpha value is -3.88. The van der Waals surface area contributed by atoms with E-state index in [0.717, 1.165) is 40.9 Å². The molecular formula is C26H31N7O2. The molecule has 0 aliphatic carbocycles. The number of aromatic nitrogens is 7. The molecule has 0 saturated carbocycles. The molecule has 9 nitrogen and oxygen atoms in total. The first kappa shape index (κ1) is 24.3. The Morgan fingerprint density at radius 2 is 1.74 bits per heavy atom. The third kappa shape index (κ3) is 6.17. The Labute approximate surface area is 204 Å². The van der Waals surface area contributed by atoms with Crippen molar-refractivity contribution in [3.8, 4) is 22.5 Å². The molecule has 0 aliphatic heterocycles. The predicted molar refractivity (Wildman–Crippen MR) is 132 cm³/mol. The molecule has 0 aliphatic rings. The zero-order chi connectivity index (χ0) is 24.8. The van der Waals surface area contributed by atoms with Crippen LogP contribution in [0.1, 0.15) is 50.8 Å². The molecule has 0 radical (unpaired) electrons. The van der Waals surface area contributed by atoms with E-state index in [1.165, 1.54) is 0 Å². The fraction of sp³-hybridized carbons (Fsp3) is 0.385. The van der Waals surface area contributed by atoms with E-state index in [0.29, 0.717) is 37.0 Å². The first-order valence-electron chi connectivity index (χ1n) is 12.0. The van der Waals surface area contributed by atoms with Gasteiger partial charge in [-0.05, 0) is 40.7 Å². The number of aliphatic carboxylic acids is 1. The van der Waals surface area contributed by atoms with Gasteiger partial charge in [0.2, 0.25) is 5.82 Å². The molecule has 0 fully saturated rings. The van der Waals surface area contributed by atoms with Gasteiger partial charge in [-0.15, -0.1) is 10.2 Å². The second-order valence-corrected chi connectivity index (χ2v) is 9.29. The fourth-order valence-corrected chi connectivity index (χ4v) is 3.90. The van der Waals surface area contributed by atoms with Crippen LogP contribution in [0.2, 0.25) is 0 Å².